The van der Waals surface area contributed by atoms with Crippen molar-refractivity contribution in [2.24, 2.45) is 0 Å². The van der Waals surface area contributed by atoms with Gasteiger partial charge in [0, 0.05) is 19.2 Å². The Bertz CT molecular complexity index is 614. The molecule has 0 unspecified atom stereocenters. The Labute approximate surface area is 144 Å². The van der Waals surface area contributed by atoms with Crippen molar-refractivity contribution < 1.29 is 9.59 Å². The lowest BCUT2D eigenvalue weighted by molar-refractivity contribution is -0.132. The summed E-state index contributed by atoms with van der Waals surface area (Å²) in [6.45, 7) is 6.25. The molecule has 2 rings (SSSR count). The molecule has 0 aromatic heterocycles. The fraction of sp³-hybridized carbons (Fsp3) is 0.500. The van der Waals surface area contributed by atoms with E-state index in [0.29, 0.717) is 6.54 Å². The summed E-state index contributed by atoms with van der Waals surface area (Å²) in [4.78, 5) is 25.8. The Morgan fingerprint density at radius 1 is 1.12 bits per heavy atom. The van der Waals surface area contributed by atoms with Crippen LogP contribution in [-0.4, -0.2) is 29.8 Å². The highest BCUT2D eigenvalue weighted by Gasteiger charge is 2.15. The number of nitrogens with one attached hydrogen (secondary N) is 1. The molecule has 0 bridgehead atoms. The van der Waals surface area contributed by atoms with Crippen LogP contribution in [0.4, 0.5) is 5.69 Å². The first-order chi connectivity index (χ1) is 11.4. The normalized spacial score (nSPS) is 14.0. The number of allylic oxidation sites excluding steroid dienone is 1. The Kier molecular flexibility index (Phi) is 6.59. The zero-order chi connectivity index (χ0) is 17.5. The smallest absolute Gasteiger partial charge is 0.243 e. The molecule has 1 aliphatic rings. The van der Waals surface area contributed by atoms with Gasteiger partial charge in [-0.15, -0.1) is 0 Å². The molecule has 1 aliphatic carbocycles. The molecule has 0 radical (unpaired) electrons. The molecule has 1 aromatic carbocycles. The highest BCUT2D eigenvalue weighted by atomic mass is 16.2. The van der Waals surface area contributed by atoms with Crippen LogP contribution in [0.1, 0.15) is 50.2 Å². The van der Waals surface area contributed by atoms with Crippen LogP contribution in [0.15, 0.2) is 29.8 Å². The van der Waals surface area contributed by atoms with Gasteiger partial charge in [0.2, 0.25) is 11.8 Å². The van der Waals surface area contributed by atoms with Gasteiger partial charge in [-0.3, -0.25) is 9.59 Å². The van der Waals surface area contributed by atoms with Crippen molar-refractivity contribution in [1.29, 1.82) is 0 Å². The van der Waals surface area contributed by atoms with Crippen LogP contribution in [0.3, 0.4) is 0 Å². The molecule has 0 saturated carbocycles. The molecule has 24 heavy (non-hydrogen) atoms. The largest absolute Gasteiger partial charge is 0.333 e. The second-order valence-corrected chi connectivity index (χ2v) is 6.72. The van der Waals surface area contributed by atoms with Crippen LogP contribution in [-0.2, 0) is 9.59 Å². The summed E-state index contributed by atoms with van der Waals surface area (Å²) in [6.07, 6.45) is 7.92. The molecule has 0 aliphatic heterocycles. The van der Waals surface area contributed by atoms with E-state index in [0.717, 1.165) is 36.1 Å². The number of carbonyl (C=O) groups is 2. The lowest BCUT2D eigenvalue weighted by Gasteiger charge is -2.22. The molecule has 0 fully saturated rings. The van der Waals surface area contributed by atoms with Gasteiger partial charge in [0.25, 0.3) is 0 Å². The third-order valence-corrected chi connectivity index (χ3v) is 4.37. The first-order valence-electron chi connectivity index (χ1n) is 8.75. The van der Waals surface area contributed by atoms with Crippen molar-refractivity contribution in [3.05, 3.63) is 41.0 Å². The highest BCUT2D eigenvalue weighted by Crippen LogP contribution is 2.20. The number of benzene rings is 1. The maximum atomic E-state index is 12.3. The van der Waals surface area contributed by atoms with Crippen molar-refractivity contribution in [2.45, 2.75) is 52.9 Å². The molecule has 0 atom stereocenters. The Hall–Kier alpha value is -2.10. The summed E-state index contributed by atoms with van der Waals surface area (Å²) in [5, 5.41) is 2.90. The first kappa shape index (κ1) is 18.2. The van der Waals surface area contributed by atoms with E-state index < -0.39 is 0 Å². The number of hydrogen-bond donors (Lipinski definition) is 1. The van der Waals surface area contributed by atoms with Gasteiger partial charge in [0.15, 0.2) is 0 Å². The van der Waals surface area contributed by atoms with Crippen LogP contribution < -0.4 is 5.32 Å². The number of amides is 2. The second-order valence-electron chi connectivity index (χ2n) is 6.72. The lowest BCUT2D eigenvalue weighted by atomic mass is 9.97. The molecule has 130 valence electrons. The number of hydrogen-bond acceptors (Lipinski definition) is 2. The molecule has 0 saturated heterocycles. The summed E-state index contributed by atoms with van der Waals surface area (Å²) < 4.78 is 0. The van der Waals surface area contributed by atoms with Crippen molar-refractivity contribution in [2.75, 3.05) is 18.4 Å². The second kappa shape index (κ2) is 8.67. The zero-order valence-electron chi connectivity index (χ0n) is 15.0. The summed E-state index contributed by atoms with van der Waals surface area (Å²) in [7, 11) is 0. The van der Waals surface area contributed by atoms with E-state index in [1.54, 1.807) is 4.90 Å². The number of anilines is 1. The average Bonchev–Trinajstić information content (AvgIpc) is 2.51. The maximum absolute atomic E-state index is 12.3. The van der Waals surface area contributed by atoms with Gasteiger partial charge in [0.05, 0.1) is 6.54 Å². The molecule has 0 spiro atoms. The quantitative estimate of drug-likeness (QED) is 0.803. The van der Waals surface area contributed by atoms with Gasteiger partial charge in [-0.25, -0.2) is 0 Å². The molecule has 1 aromatic rings. The van der Waals surface area contributed by atoms with E-state index in [1.165, 1.54) is 25.3 Å². The summed E-state index contributed by atoms with van der Waals surface area (Å²) in [5.41, 5.74) is 4.43. The average molecular weight is 328 g/mol. The monoisotopic (exact) mass is 328 g/mol. The van der Waals surface area contributed by atoms with Gasteiger partial charge >= 0.3 is 0 Å². The number of carbonyl (C=O) groups excluding carboxylic acids is 2. The van der Waals surface area contributed by atoms with Crippen LogP contribution in [0.25, 0.3) is 0 Å². The number of nitrogens with zero attached hydrogens (tertiary/aromatic N) is 1. The summed E-state index contributed by atoms with van der Waals surface area (Å²) in [6, 6.07) is 5.95. The van der Waals surface area contributed by atoms with Crippen molar-refractivity contribution in [3.8, 4) is 0 Å². The summed E-state index contributed by atoms with van der Waals surface area (Å²) >= 11 is 0. The predicted octanol–water partition coefficient (Wildman–Crippen LogP) is 3.98. The predicted molar refractivity (Wildman–Crippen MR) is 98.0 cm³/mol. The van der Waals surface area contributed by atoms with Crippen molar-refractivity contribution in [3.63, 3.8) is 0 Å². The third kappa shape index (κ3) is 5.84. The SMILES string of the molecule is CC(=O)N(CCC1=CCCCC1)CC(=O)Nc1cc(C)cc(C)c1. The molecule has 0 heterocycles. The van der Waals surface area contributed by atoms with E-state index in [2.05, 4.69) is 17.5 Å². The van der Waals surface area contributed by atoms with Crippen LogP contribution in [0.2, 0.25) is 0 Å². The van der Waals surface area contributed by atoms with E-state index in [1.807, 2.05) is 26.0 Å². The Balaban J connectivity index is 1.90. The molecular formula is C20H28N2O2. The van der Waals surface area contributed by atoms with Crippen LogP contribution >= 0.6 is 0 Å². The Morgan fingerprint density at radius 3 is 2.42 bits per heavy atom. The van der Waals surface area contributed by atoms with Crippen molar-refractivity contribution >= 4 is 17.5 Å². The minimum atomic E-state index is -0.146. The number of rotatable bonds is 6. The zero-order valence-corrected chi connectivity index (χ0v) is 15.0. The van der Waals surface area contributed by atoms with Gasteiger partial charge in [-0.2, -0.15) is 0 Å². The fourth-order valence-electron chi connectivity index (χ4n) is 3.18. The molecule has 2 amide bonds. The van der Waals surface area contributed by atoms with Crippen LogP contribution in [0, 0.1) is 13.8 Å². The molecular weight excluding hydrogens is 300 g/mol. The number of aryl methyl sites for hydroxylation is 2. The van der Waals surface area contributed by atoms with E-state index in [9.17, 15) is 9.59 Å². The fourth-order valence-corrected chi connectivity index (χ4v) is 3.18. The molecule has 4 nitrogen and oxygen atoms in total. The minimum Gasteiger partial charge on any atom is -0.333 e. The van der Waals surface area contributed by atoms with Crippen LogP contribution in [0.5, 0.6) is 0 Å². The van der Waals surface area contributed by atoms with E-state index in [-0.39, 0.29) is 18.4 Å². The first-order valence-corrected chi connectivity index (χ1v) is 8.75. The Morgan fingerprint density at radius 2 is 1.83 bits per heavy atom. The van der Waals surface area contributed by atoms with Crippen molar-refractivity contribution in [1.82, 2.24) is 4.90 Å². The van der Waals surface area contributed by atoms with Gasteiger partial charge < -0.3 is 10.2 Å². The minimum absolute atomic E-state index is 0.0537. The topological polar surface area (TPSA) is 49.4 Å². The van der Waals surface area contributed by atoms with E-state index >= 15 is 0 Å². The summed E-state index contributed by atoms with van der Waals surface area (Å²) in [5.74, 6) is -0.199. The highest BCUT2D eigenvalue weighted by molar-refractivity contribution is 5.94. The van der Waals surface area contributed by atoms with Gasteiger partial charge in [-0.05, 0) is 69.2 Å². The molecule has 4 heteroatoms. The molecule has 1 N–H and O–H groups in total. The maximum Gasteiger partial charge on any atom is 0.243 e. The van der Waals surface area contributed by atoms with E-state index in [4.69, 9.17) is 0 Å². The standard InChI is InChI=1S/C20H28N2O2/c1-15-11-16(2)13-19(12-15)21-20(24)14-22(17(3)23)10-9-18-7-5-4-6-8-18/h7,11-13H,4-6,8-10,14H2,1-3H3,(H,21,24). The third-order valence-electron chi connectivity index (χ3n) is 4.37. The van der Waals surface area contributed by atoms with Gasteiger partial charge in [0.1, 0.15) is 0 Å². The lowest BCUT2D eigenvalue weighted by Crippen LogP contribution is -2.37. The van der Waals surface area contributed by atoms with Gasteiger partial charge in [-0.1, -0.05) is 17.7 Å².